The van der Waals surface area contributed by atoms with Gasteiger partial charge in [0, 0.05) is 7.05 Å². The van der Waals surface area contributed by atoms with Crippen molar-refractivity contribution in [3.8, 4) is 0 Å². The number of rotatable bonds is 3. The third kappa shape index (κ3) is 1.77. The summed E-state index contributed by atoms with van der Waals surface area (Å²) in [5, 5.41) is 17.2. The second kappa shape index (κ2) is 4.27. The fourth-order valence-corrected chi connectivity index (χ4v) is 2.81. The third-order valence-electron chi connectivity index (χ3n) is 3.03. The fourth-order valence-electron chi connectivity index (χ4n) is 2.02. The highest BCUT2D eigenvalue weighted by atomic mass is 32.2. The van der Waals surface area contributed by atoms with E-state index in [0.29, 0.717) is 10.9 Å². The Morgan fingerprint density at radius 2 is 2.00 bits per heavy atom. The lowest BCUT2D eigenvalue weighted by Gasteiger charge is -2.02. The van der Waals surface area contributed by atoms with Crippen molar-refractivity contribution >= 4 is 34.5 Å². The van der Waals surface area contributed by atoms with Crippen LogP contribution in [0.25, 0.3) is 16.8 Å². The molecule has 0 amide bonds. The number of benzene rings is 1. The summed E-state index contributed by atoms with van der Waals surface area (Å²) in [7, 11) is 1.92. The van der Waals surface area contributed by atoms with Crippen LogP contribution in [0.15, 0.2) is 29.4 Å². The Balaban J connectivity index is 2.22. The summed E-state index contributed by atoms with van der Waals surface area (Å²) in [4.78, 5) is 10.9. The van der Waals surface area contributed by atoms with E-state index in [4.69, 9.17) is 5.11 Å². The maximum atomic E-state index is 10.9. The average Bonchev–Trinajstić information content (AvgIpc) is 2.92. The molecule has 7 heteroatoms. The van der Waals surface area contributed by atoms with Crippen LogP contribution in [0, 0.1) is 0 Å². The SMILES string of the molecule is C[C@H](Sc1nnc2n(C)c3ccccc3n12)C(=O)O. The van der Waals surface area contributed by atoms with Crippen molar-refractivity contribution in [2.45, 2.75) is 17.3 Å². The predicted octanol–water partition coefficient (Wildman–Crippen LogP) is 1.79. The van der Waals surface area contributed by atoms with Crippen LogP contribution in [0.3, 0.4) is 0 Å². The number of nitrogens with zero attached hydrogens (tertiary/aromatic N) is 4. The van der Waals surface area contributed by atoms with E-state index in [1.165, 1.54) is 11.8 Å². The van der Waals surface area contributed by atoms with Gasteiger partial charge in [-0.3, -0.25) is 9.20 Å². The molecule has 3 rings (SSSR count). The Kier molecular flexibility index (Phi) is 2.70. The van der Waals surface area contributed by atoms with E-state index in [2.05, 4.69) is 10.2 Å². The summed E-state index contributed by atoms with van der Waals surface area (Å²) >= 11 is 1.19. The van der Waals surface area contributed by atoms with Crippen molar-refractivity contribution in [1.29, 1.82) is 0 Å². The first kappa shape index (κ1) is 12.0. The first-order valence-electron chi connectivity index (χ1n) is 5.77. The fraction of sp³-hybridized carbons (Fsp3) is 0.250. The largest absolute Gasteiger partial charge is 0.480 e. The number of carbonyl (C=O) groups is 1. The van der Waals surface area contributed by atoms with Crippen molar-refractivity contribution in [2.75, 3.05) is 0 Å². The van der Waals surface area contributed by atoms with E-state index < -0.39 is 11.2 Å². The van der Waals surface area contributed by atoms with Crippen molar-refractivity contribution in [3.05, 3.63) is 24.3 Å². The standard InChI is InChI=1S/C12H12N4O2S/c1-7(10(17)18)19-12-14-13-11-15(2)8-5-3-4-6-9(8)16(11)12/h3-7H,1-2H3,(H,17,18)/t7-/m0/s1. The molecule has 2 aromatic heterocycles. The van der Waals surface area contributed by atoms with E-state index in [9.17, 15) is 4.79 Å². The summed E-state index contributed by atoms with van der Waals surface area (Å²) in [6.45, 7) is 1.64. The smallest absolute Gasteiger partial charge is 0.316 e. The highest BCUT2D eigenvalue weighted by molar-refractivity contribution is 8.00. The van der Waals surface area contributed by atoms with E-state index in [0.717, 1.165) is 11.0 Å². The predicted molar refractivity (Wildman–Crippen MR) is 72.4 cm³/mol. The van der Waals surface area contributed by atoms with Crippen LogP contribution in [0.5, 0.6) is 0 Å². The molecule has 0 bridgehead atoms. The van der Waals surface area contributed by atoms with Gasteiger partial charge in [0.25, 0.3) is 0 Å². The van der Waals surface area contributed by atoms with E-state index in [-0.39, 0.29) is 0 Å². The number of fused-ring (bicyclic) bond motifs is 3. The van der Waals surface area contributed by atoms with Crippen LogP contribution in [0.1, 0.15) is 6.92 Å². The number of aryl methyl sites for hydroxylation is 1. The third-order valence-corrected chi connectivity index (χ3v) is 4.06. The molecule has 0 aliphatic heterocycles. The first-order chi connectivity index (χ1) is 9.09. The van der Waals surface area contributed by atoms with Gasteiger partial charge in [0.1, 0.15) is 5.25 Å². The normalized spacial score (nSPS) is 13.2. The molecular formula is C12H12N4O2S. The molecule has 0 fully saturated rings. The molecule has 0 spiro atoms. The number of thioether (sulfide) groups is 1. The summed E-state index contributed by atoms with van der Waals surface area (Å²) in [6, 6.07) is 7.87. The number of aromatic nitrogens is 4. The summed E-state index contributed by atoms with van der Waals surface area (Å²) in [5.41, 5.74) is 2.02. The second-order valence-corrected chi connectivity index (χ2v) is 5.57. The average molecular weight is 276 g/mol. The van der Waals surface area contributed by atoms with Gasteiger partial charge in [-0.2, -0.15) is 0 Å². The van der Waals surface area contributed by atoms with Gasteiger partial charge in [-0.1, -0.05) is 23.9 Å². The lowest BCUT2D eigenvalue weighted by molar-refractivity contribution is -0.136. The highest BCUT2D eigenvalue weighted by Crippen LogP contribution is 2.27. The Bertz CT molecular complexity index is 777. The van der Waals surface area contributed by atoms with Gasteiger partial charge in [0.2, 0.25) is 5.78 Å². The number of hydrogen-bond acceptors (Lipinski definition) is 4. The number of hydrogen-bond donors (Lipinski definition) is 1. The van der Waals surface area contributed by atoms with Gasteiger partial charge in [0.05, 0.1) is 11.0 Å². The molecule has 0 aliphatic rings. The van der Waals surface area contributed by atoms with Gasteiger partial charge < -0.3 is 9.67 Å². The molecule has 1 N–H and O–H groups in total. The second-order valence-electron chi connectivity index (χ2n) is 4.26. The van der Waals surface area contributed by atoms with Gasteiger partial charge >= 0.3 is 5.97 Å². The van der Waals surface area contributed by atoms with Gasteiger partial charge in [-0.25, -0.2) is 0 Å². The van der Waals surface area contributed by atoms with Crippen molar-refractivity contribution in [3.63, 3.8) is 0 Å². The zero-order valence-electron chi connectivity index (χ0n) is 10.4. The first-order valence-corrected chi connectivity index (χ1v) is 6.65. The molecule has 98 valence electrons. The van der Waals surface area contributed by atoms with E-state index in [1.807, 2.05) is 40.3 Å². The monoisotopic (exact) mass is 276 g/mol. The zero-order chi connectivity index (χ0) is 13.6. The van der Waals surface area contributed by atoms with Crippen molar-refractivity contribution in [2.24, 2.45) is 7.05 Å². The quantitative estimate of drug-likeness (QED) is 0.738. The van der Waals surface area contributed by atoms with Gasteiger partial charge in [-0.05, 0) is 19.1 Å². The van der Waals surface area contributed by atoms with Crippen LogP contribution in [-0.2, 0) is 11.8 Å². The van der Waals surface area contributed by atoms with Crippen LogP contribution >= 0.6 is 11.8 Å². The van der Waals surface area contributed by atoms with Crippen LogP contribution in [0.4, 0.5) is 0 Å². The molecule has 1 aromatic carbocycles. The molecule has 19 heavy (non-hydrogen) atoms. The summed E-state index contributed by atoms with van der Waals surface area (Å²) < 4.78 is 3.83. The topological polar surface area (TPSA) is 72.4 Å². The summed E-state index contributed by atoms with van der Waals surface area (Å²) in [5.74, 6) is -0.150. The van der Waals surface area contributed by atoms with Crippen LogP contribution < -0.4 is 0 Å². The Morgan fingerprint density at radius 1 is 1.32 bits per heavy atom. The minimum absolute atomic E-state index is 0.564. The number of carboxylic acid groups (broad SMARTS) is 1. The Labute approximate surface area is 113 Å². The number of aliphatic carboxylic acids is 1. The van der Waals surface area contributed by atoms with Gasteiger partial charge in [-0.15, -0.1) is 10.2 Å². The van der Waals surface area contributed by atoms with Gasteiger partial charge in [0.15, 0.2) is 5.16 Å². The number of para-hydroxylation sites is 2. The molecule has 3 aromatic rings. The summed E-state index contributed by atoms with van der Waals surface area (Å²) in [6.07, 6.45) is 0. The van der Waals surface area contributed by atoms with E-state index in [1.54, 1.807) is 6.92 Å². The maximum absolute atomic E-state index is 10.9. The lowest BCUT2D eigenvalue weighted by Crippen LogP contribution is -2.11. The molecule has 2 heterocycles. The molecule has 0 radical (unpaired) electrons. The molecule has 0 saturated heterocycles. The lowest BCUT2D eigenvalue weighted by atomic mass is 10.3. The molecule has 0 aliphatic carbocycles. The number of imidazole rings is 1. The zero-order valence-corrected chi connectivity index (χ0v) is 11.3. The number of carboxylic acids is 1. The molecule has 6 nitrogen and oxygen atoms in total. The Morgan fingerprint density at radius 3 is 2.68 bits per heavy atom. The van der Waals surface area contributed by atoms with E-state index >= 15 is 0 Å². The molecular weight excluding hydrogens is 264 g/mol. The Hall–Kier alpha value is -2.02. The minimum atomic E-state index is -0.859. The maximum Gasteiger partial charge on any atom is 0.316 e. The minimum Gasteiger partial charge on any atom is -0.480 e. The molecule has 1 atom stereocenters. The van der Waals surface area contributed by atoms with Crippen molar-refractivity contribution in [1.82, 2.24) is 19.2 Å². The molecule has 0 unspecified atom stereocenters. The molecule has 0 saturated carbocycles. The highest BCUT2D eigenvalue weighted by Gasteiger charge is 2.20. The van der Waals surface area contributed by atoms with Crippen LogP contribution in [0.2, 0.25) is 0 Å². The van der Waals surface area contributed by atoms with Crippen molar-refractivity contribution < 1.29 is 9.90 Å². The van der Waals surface area contributed by atoms with Crippen LogP contribution in [-0.4, -0.2) is 35.5 Å².